The van der Waals surface area contributed by atoms with Crippen molar-refractivity contribution in [3.05, 3.63) is 93.9 Å². The minimum Gasteiger partial charge on any atom is -0.436 e. The van der Waals surface area contributed by atoms with E-state index in [2.05, 4.69) is 22.3 Å². The Bertz CT molecular complexity index is 1560. The first-order valence-corrected chi connectivity index (χ1v) is 11.1. The number of anilines is 1. The number of nitrogens with one attached hydrogen (secondary N) is 1. The molecule has 0 unspecified atom stereocenters. The molecule has 0 saturated carbocycles. The van der Waals surface area contributed by atoms with Gasteiger partial charge in [-0.2, -0.15) is 0 Å². The third-order valence-electron chi connectivity index (χ3n) is 5.34. The number of benzene rings is 3. The number of aryl methyl sites for hydroxylation is 1. The fourth-order valence-corrected chi connectivity index (χ4v) is 3.74. The van der Waals surface area contributed by atoms with Crippen LogP contribution >= 0.6 is 11.6 Å². The number of aromatic nitrogens is 4. The third-order valence-corrected chi connectivity index (χ3v) is 5.59. The molecule has 1 N–H and O–H groups in total. The maximum Gasteiger partial charge on any atom is 0.351 e. The molecule has 0 saturated heterocycles. The molecule has 2 aromatic heterocycles. The molecule has 1 amide bonds. The highest BCUT2D eigenvalue weighted by Crippen LogP contribution is 2.26. The van der Waals surface area contributed by atoms with E-state index >= 15 is 0 Å². The Hall–Kier alpha value is -4.17. The Morgan fingerprint density at radius 3 is 2.50 bits per heavy atom. The molecule has 9 heteroatoms. The molecule has 0 aliphatic carbocycles. The van der Waals surface area contributed by atoms with Crippen LogP contribution in [0.15, 0.2) is 77.6 Å². The number of amides is 1. The number of fused-ring (bicyclic) bond motifs is 3. The van der Waals surface area contributed by atoms with Gasteiger partial charge in [0.05, 0.1) is 11.0 Å². The van der Waals surface area contributed by atoms with Crippen LogP contribution in [0, 0.1) is 0 Å². The quantitative estimate of drug-likeness (QED) is 0.386. The van der Waals surface area contributed by atoms with Crippen LogP contribution in [0.3, 0.4) is 0 Å². The molecule has 8 nitrogen and oxygen atoms in total. The van der Waals surface area contributed by atoms with Crippen LogP contribution in [0.5, 0.6) is 11.6 Å². The average molecular weight is 474 g/mol. The molecule has 5 rings (SSSR count). The van der Waals surface area contributed by atoms with Gasteiger partial charge in [-0.15, -0.1) is 5.10 Å². The van der Waals surface area contributed by atoms with E-state index < -0.39 is 11.6 Å². The second-order valence-corrected chi connectivity index (χ2v) is 8.10. The van der Waals surface area contributed by atoms with Gasteiger partial charge in [-0.1, -0.05) is 42.8 Å². The number of hydrogen-bond acceptors (Lipinski definition) is 5. The van der Waals surface area contributed by atoms with E-state index in [1.807, 2.05) is 36.4 Å². The molecular formula is C25H20ClN5O3. The van der Waals surface area contributed by atoms with Crippen molar-refractivity contribution in [2.45, 2.75) is 19.9 Å². The summed E-state index contributed by atoms with van der Waals surface area (Å²) in [5.74, 6) is 0.351. The number of nitrogens with zero attached hydrogens (tertiary/aromatic N) is 4. The van der Waals surface area contributed by atoms with Gasteiger partial charge < -0.3 is 10.1 Å². The first kappa shape index (κ1) is 21.7. The molecule has 5 aromatic rings. The molecule has 170 valence electrons. The number of halogens is 1. The molecular weight excluding hydrogens is 454 g/mol. The molecule has 0 radical (unpaired) electrons. The predicted molar refractivity (Wildman–Crippen MR) is 131 cm³/mol. The summed E-state index contributed by atoms with van der Waals surface area (Å²) in [4.78, 5) is 30.4. The van der Waals surface area contributed by atoms with Crippen LogP contribution in [0.4, 0.5) is 5.69 Å². The molecule has 0 aliphatic rings. The van der Waals surface area contributed by atoms with E-state index in [1.165, 1.54) is 9.96 Å². The lowest BCUT2D eigenvalue weighted by Gasteiger charge is -2.08. The minimum absolute atomic E-state index is 0.178. The molecule has 0 spiro atoms. The maximum absolute atomic E-state index is 13.2. The summed E-state index contributed by atoms with van der Waals surface area (Å²) in [6.07, 6.45) is 0.913. The summed E-state index contributed by atoms with van der Waals surface area (Å²) in [7, 11) is 0. The van der Waals surface area contributed by atoms with E-state index in [0.717, 1.165) is 11.1 Å². The summed E-state index contributed by atoms with van der Waals surface area (Å²) in [5, 5.41) is 7.68. The van der Waals surface area contributed by atoms with E-state index in [1.54, 1.807) is 36.4 Å². The number of carbonyl (C=O) groups excluding carboxylic acids is 1. The van der Waals surface area contributed by atoms with E-state index in [4.69, 9.17) is 16.3 Å². The molecule has 3 aromatic carbocycles. The molecule has 0 fully saturated rings. The van der Waals surface area contributed by atoms with Gasteiger partial charge in [0.25, 0.3) is 5.88 Å². The molecule has 0 aliphatic heterocycles. The zero-order chi connectivity index (χ0) is 23.7. The Labute approximate surface area is 199 Å². The van der Waals surface area contributed by atoms with Crippen molar-refractivity contribution in [2.24, 2.45) is 0 Å². The van der Waals surface area contributed by atoms with Crippen molar-refractivity contribution in [1.29, 1.82) is 0 Å². The van der Waals surface area contributed by atoms with Crippen molar-refractivity contribution >= 4 is 39.9 Å². The lowest BCUT2D eigenvalue weighted by molar-refractivity contribution is -0.117. The second kappa shape index (κ2) is 8.99. The number of para-hydroxylation sites is 2. The summed E-state index contributed by atoms with van der Waals surface area (Å²) in [5.41, 5.74) is 2.64. The Kier molecular flexibility index (Phi) is 5.73. The lowest BCUT2D eigenvalue weighted by atomic mass is 10.2. The maximum atomic E-state index is 13.2. The molecule has 0 bridgehead atoms. The second-order valence-electron chi connectivity index (χ2n) is 7.66. The van der Waals surface area contributed by atoms with Crippen LogP contribution < -0.4 is 15.7 Å². The van der Waals surface area contributed by atoms with Gasteiger partial charge >= 0.3 is 5.69 Å². The van der Waals surface area contributed by atoms with Crippen LogP contribution in [0.2, 0.25) is 5.02 Å². The number of rotatable bonds is 6. The fourth-order valence-electron chi connectivity index (χ4n) is 3.62. The van der Waals surface area contributed by atoms with Gasteiger partial charge in [0.1, 0.15) is 12.3 Å². The zero-order valence-electron chi connectivity index (χ0n) is 18.2. The van der Waals surface area contributed by atoms with Crippen molar-refractivity contribution in [3.8, 4) is 11.6 Å². The van der Waals surface area contributed by atoms with E-state index in [0.29, 0.717) is 27.5 Å². The molecule has 2 heterocycles. The average Bonchev–Trinajstić information content (AvgIpc) is 3.17. The largest absolute Gasteiger partial charge is 0.436 e. The number of hydrogen-bond donors (Lipinski definition) is 1. The van der Waals surface area contributed by atoms with Crippen molar-refractivity contribution in [1.82, 2.24) is 19.2 Å². The van der Waals surface area contributed by atoms with Gasteiger partial charge in [0.15, 0.2) is 0 Å². The Morgan fingerprint density at radius 2 is 1.76 bits per heavy atom. The first-order chi connectivity index (χ1) is 16.5. The zero-order valence-corrected chi connectivity index (χ0v) is 19.0. The smallest absolute Gasteiger partial charge is 0.351 e. The lowest BCUT2D eigenvalue weighted by Crippen LogP contribution is -2.28. The topological polar surface area (TPSA) is 90.5 Å². The van der Waals surface area contributed by atoms with Gasteiger partial charge in [0.2, 0.25) is 11.6 Å². The van der Waals surface area contributed by atoms with Crippen LogP contribution in [-0.4, -0.2) is 25.1 Å². The number of carbonyl (C=O) groups is 1. The predicted octanol–water partition coefficient (Wildman–Crippen LogP) is 4.69. The van der Waals surface area contributed by atoms with Gasteiger partial charge in [-0.3, -0.25) is 4.79 Å². The SMILES string of the molecule is CCc1ccc(Oc2nc3ccccc3n3c(=O)n(CC(=O)Nc4ccc(Cl)cc4)nc23)cc1. The van der Waals surface area contributed by atoms with Crippen LogP contribution in [0.1, 0.15) is 12.5 Å². The molecule has 34 heavy (non-hydrogen) atoms. The Morgan fingerprint density at radius 1 is 1.03 bits per heavy atom. The summed E-state index contributed by atoms with van der Waals surface area (Å²) >= 11 is 5.89. The van der Waals surface area contributed by atoms with Crippen LogP contribution in [0.25, 0.3) is 16.7 Å². The monoisotopic (exact) mass is 473 g/mol. The summed E-state index contributed by atoms with van der Waals surface area (Å²) < 4.78 is 8.53. The summed E-state index contributed by atoms with van der Waals surface area (Å²) in [6.45, 7) is 1.80. The van der Waals surface area contributed by atoms with E-state index in [9.17, 15) is 9.59 Å². The fraction of sp³-hybridized carbons (Fsp3) is 0.120. The van der Waals surface area contributed by atoms with Gasteiger partial charge in [0, 0.05) is 10.7 Å². The standard InChI is InChI=1S/C25H20ClN5O3/c1-2-16-7-13-19(14-8-16)34-24-23-29-30(15-22(32)27-18-11-9-17(26)10-12-18)25(33)31(23)21-6-4-3-5-20(21)28-24/h3-14H,2,15H2,1H3,(H,27,32). The highest BCUT2D eigenvalue weighted by Gasteiger charge is 2.19. The van der Waals surface area contributed by atoms with Crippen molar-refractivity contribution in [3.63, 3.8) is 0 Å². The van der Waals surface area contributed by atoms with Crippen molar-refractivity contribution in [2.75, 3.05) is 5.32 Å². The minimum atomic E-state index is -0.467. The highest BCUT2D eigenvalue weighted by molar-refractivity contribution is 6.30. The van der Waals surface area contributed by atoms with Gasteiger partial charge in [-0.25, -0.2) is 18.9 Å². The van der Waals surface area contributed by atoms with Crippen molar-refractivity contribution < 1.29 is 9.53 Å². The van der Waals surface area contributed by atoms with E-state index in [-0.39, 0.29) is 18.1 Å². The third kappa shape index (κ3) is 4.23. The number of ether oxygens (including phenoxy) is 1. The van der Waals surface area contributed by atoms with Crippen LogP contribution in [-0.2, 0) is 17.8 Å². The molecule has 0 atom stereocenters. The highest BCUT2D eigenvalue weighted by atomic mass is 35.5. The van der Waals surface area contributed by atoms with Gasteiger partial charge in [-0.05, 0) is 60.5 Å². The normalized spacial score (nSPS) is 11.1. The first-order valence-electron chi connectivity index (χ1n) is 10.7. The Balaban J connectivity index is 1.53. The summed E-state index contributed by atoms with van der Waals surface area (Å²) in [6, 6.07) is 21.5.